The Morgan fingerprint density at radius 1 is 1.38 bits per heavy atom. The first kappa shape index (κ1) is 9.99. The average Bonchev–Trinajstić information content (AvgIpc) is 2.16. The Morgan fingerprint density at radius 2 is 2.08 bits per heavy atom. The van der Waals surface area contributed by atoms with Crippen LogP contribution in [0.5, 0.6) is 0 Å². The number of rotatable bonds is 3. The van der Waals surface area contributed by atoms with Gasteiger partial charge in [0.05, 0.1) is 0 Å². The van der Waals surface area contributed by atoms with Crippen molar-refractivity contribution in [2.24, 2.45) is 0 Å². The zero-order valence-corrected chi connectivity index (χ0v) is 8.12. The fraction of sp³-hybridized carbons (Fsp3) is 0.200. The van der Waals surface area contributed by atoms with Gasteiger partial charge in [-0.05, 0) is 11.6 Å². The van der Waals surface area contributed by atoms with E-state index in [1.165, 1.54) is 0 Å². The standard InChI is InChI=1S/C10H10O2S/c1-7(5-11)8-2-3-9(6-12)10(13)4-8/h2-7,13H,1H3. The van der Waals surface area contributed by atoms with Gasteiger partial charge < -0.3 is 4.79 Å². The molecular weight excluding hydrogens is 184 g/mol. The molecule has 0 saturated carbocycles. The molecule has 0 aliphatic heterocycles. The van der Waals surface area contributed by atoms with E-state index >= 15 is 0 Å². The van der Waals surface area contributed by atoms with Gasteiger partial charge >= 0.3 is 0 Å². The lowest BCUT2D eigenvalue weighted by Gasteiger charge is -2.05. The molecule has 2 nitrogen and oxygen atoms in total. The zero-order chi connectivity index (χ0) is 9.84. The number of aldehydes is 2. The zero-order valence-electron chi connectivity index (χ0n) is 7.23. The Hall–Kier alpha value is -1.09. The van der Waals surface area contributed by atoms with E-state index in [1.807, 2.05) is 0 Å². The highest BCUT2D eigenvalue weighted by molar-refractivity contribution is 7.80. The third-order valence-corrected chi connectivity index (χ3v) is 2.30. The summed E-state index contributed by atoms with van der Waals surface area (Å²) in [5, 5.41) is 0. The molecule has 1 rings (SSSR count). The van der Waals surface area contributed by atoms with E-state index in [2.05, 4.69) is 12.6 Å². The Bertz CT molecular complexity index is 334. The van der Waals surface area contributed by atoms with Gasteiger partial charge in [0.15, 0.2) is 6.29 Å². The van der Waals surface area contributed by atoms with Gasteiger partial charge in [0, 0.05) is 16.4 Å². The molecule has 1 aromatic rings. The van der Waals surface area contributed by atoms with Crippen LogP contribution in [0.1, 0.15) is 28.8 Å². The van der Waals surface area contributed by atoms with E-state index < -0.39 is 0 Å². The Kier molecular flexibility index (Phi) is 3.25. The second-order valence-electron chi connectivity index (χ2n) is 2.86. The van der Waals surface area contributed by atoms with E-state index in [-0.39, 0.29) is 5.92 Å². The Balaban J connectivity index is 3.08. The monoisotopic (exact) mass is 194 g/mol. The van der Waals surface area contributed by atoms with Crippen LogP contribution in [0.2, 0.25) is 0 Å². The van der Waals surface area contributed by atoms with Crippen molar-refractivity contribution in [3.8, 4) is 0 Å². The molecular formula is C10H10O2S. The summed E-state index contributed by atoms with van der Waals surface area (Å²) in [5.74, 6) is -0.147. The van der Waals surface area contributed by atoms with Gasteiger partial charge in [-0.2, -0.15) is 0 Å². The van der Waals surface area contributed by atoms with Crippen LogP contribution in [0.25, 0.3) is 0 Å². The minimum atomic E-state index is -0.147. The van der Waals surface area contributed by atoms with E-state index in [0.717, 1.165) is 18.1 Å². The molecule has 0 spiro atoms. The predicted octanol–water partition coefficient (Wildman–Crippen LogP) is 2.09. The maximum atomic E-state index is 10.5. The van der Waals surface area contributed by atoms with Gasteiger partial charge in [0.25, 0.3) is 0 Å². The van der Waals surface area contributed by atoms with Crippen molar-refractivity contribution in [1.29, 1.82) is 0 Å². The van der Waals surface area contributed by atoms with Crippen molar-refractivity contribution in [3.05, 3.63) is 29.3 Å². The maximum absolute atomic E-state index is 10.5. The fourth-order valence-electron chi connectivity index (χ4n) is 1.02. The summed E-state index contributed by atoms with van der Waals surface area (Å²) in [6, 6.07) is 5.18. The molecule has 0 radical (unpaired) electrons. The minimum Gasteiger partial charge on any atom is -0.303 e. The minimum absolute atomic E-state index is 0.147. The largest absolute Gasteiger partial charge is 0.303 e. The van der Waals surface area contributed by atoms with Gasteiger partial charge in [-0.3, -0.25) is 4.79 Å². The second-order valence-corrected chi connectivity index (χ2v) is 3.34. The van der Waals surface area contributed by atoms with Crippen LogP contribution in [-0.2, 0) is 4.79 Å². The van der Waals surface area contributed by atoms with Crippen molar-refractivity contribution < 1.29 is 9.59 Å². The number of benzene rings is 1. The van der Waals surface area contributed by atoms with Crippen LogP contribution in [0.15, 0.2) is 23.1 Å². The lowest BCUT2D eigenvalue weighted by Crippen LogP contribution is -1.95. The smallest absolute Gasteiger partial charge is 0.151 e. The van der Waals surface area contributed by atoms with E-state index in [1.54, 1.807) is 25.1 Å². The molecule has 1 unspecified atom stereocenters. The summed E-state index contributed by atoms with van der Waals surface area (Å²) < 4.78 is 0. The summed E-state index contributed by atoms with van der Waals surface area (Å²) in [6.45, 7) is 1.80. The summed E-state index contributed by atoms with van der Waals surface area (Å²) in [5.41, 5.74) is 1.43. The molecule has 0 aliphatic carbocycles. The van der Waals surface area contributed by atoms with Gasteiger partial charge in [0.1, 0.15) is 6.29 Å². The quantitative estimate of drug-likeness (QED) is 0.590. The summed E-state index contributed by atoms with van der Waals surface area (Å²) in [4.78, 5) is 21.5. The second kappa shape index (κ2) is 4.23. The van der Waals surface area contributed by atoms with E-state index in [9.17, 15) is 9.59 Å². The number of hydrogen-bond acceptors (Lipinski definition) is 3. The van der Waals surface area contributed by atoms with Crippen molar-refractivity contribution in [2.45, 2.75) is 17.7 Å². The number of hydrogen-bond donors (Lipinski definition) is 1. The predicted molar refractivity (Wildman–Crippen MR) is 53.6 cm³/mol. The molecule has 0 N–H and O–H groups in total. The van der Waals surface area contributed by atoms with Gasteiger partial charge in [-0.25, -0.2) is 0 Å². The van der Waals surface area contributed by atoms with Crippen LogP contribution in [0.4, 0.5) is 0 Å². The molecule has 1 atom stereocenters. The van der Waals surface area contributed by atoms with Crippen LogP contribution >= 0.6 is 12.6 Å². The Labute approximate surface area is 82.4 Å². The van der Waals surface area contributed by atoms with Crippen molar-refractivity contribution in [1.82, 2.24) is 0 Å². The molecule has 3 heteroatoms. The van der Waals surface area contributed by atoms with Gasteiger partial charge in [0.2, 0.25) is 0 Å². The third kappa shape index (κ3) is 2.18. The van der Waals surface area contributed by atoms with Crippen molar-refractivity contribution in [3.63, 3.8) is 0 Å². The molecule has 0 aromatic heterocycles. The lowest BCUT2D eigenvalue weighted by molar-refractivity contribution is -0.108. The number of carbonyl (C=O) groups excluding carboxylic acids is 2. The highest BCUT2D eigenvalue weighted by atomic mass is 32.1. The fourth-order valence-corrected chi connectivity index (χ4v) is 1.30. The first-order valence-electron chi connectivity index (χ1n) is 3.92. The highest BCUT2D eigenvalue weighted by Gasteiger charge is 2.05. The Morgan fingerprint density at radius 3 is 2.54 bits per heavy atom. The van der Waals surface area contributed by atoms with Crippen molar-refractivity contribution in [2.75, 3.05) is 0 Å². The van der Waals surface area contributed by atoms with E-state index in [0.29, 0.717) is 10.5 Å². The molecule has 13 heavy (non-hydrogen) atoms. The SMILES string of the molecule is CC(C=O)c1ccc(C=O)c(S)c1. The molecule has 0 fully saturated rings. The lowest BCUT2D eigenvalue weighted by atomic mass is 10.0. The molecule has 0 saturated heterocycles. The molecule has 0 aliphatic rings. The maximum Gasteiger partial charge on any atom is 0.151 e. The molecule has 1 aromatic carbocycles. The van der Waals surface area contributed by atoms with Crippen LogP contribution in [0, 0.1) is 0 Å². The van der Waals surface area contributed by atoms with Crippen LogP contribution in [-0.4, -0.2) is 12.6 Å². The van der Waals surface area contributed by atoms with Gasteiger partial charge in [-0.1, -0.05) is 19.1 Å². The highest BCUT2D eigenvalue weighted by Crippen LogP contribution is 2.19. The van der Waals surface area contributed by atoms with Crippen molar-refractivity contribution >= 4 is 25.2 Å². The molecule has 68 valence electrons. The third-order valence-electron chi connectivity index (χ3n) is 1.91. The number of carbonyl (C=O) groups is 2. The first-order chi connectivity index (χ1) is 6.19. The summed E-state index contributed by atoms with van der Waals surface area (Å²) in [7, 11) is 0. The van der Waals surface area contributed by atoms with Gasteiger partial charge in [-0.15, -0.1) is 12.6 Å². The average molecular weight is 194 g/mol. The molecule has 0 amide bonds. The summed E-state index contributed by atoms with van der Waals surface area (Å²) >= 11 is 4.13. The molecule has 0 bridgehead atoms. The van der Waals surface area contributed by atoms with Crippen LogP contribution < -0.4 is 0 Å². The molecule has 0 heterocycles. The normalized spacial score (nSPS) is 12.2. The van der Waals surface area contributed by atoms with Crippen LogP contribution in [0.3, 0.4) is 0 Å². The summed E-state index contributed by atoms with van der Waals surface area (Å²) in [6.07, 6.45) is 1.61. The topological polar surface area (TPSA) is 34.1 Å². The van der Waals surface area contributed by atoms with E-state index in [4.69, 9.17) is 0 Å². The number of thiol groups is 1. The first-order valence-corrected chi connectivity index (χ1v) is 4.37.